The summed E-state index contributed by atoms with van der Waals surface area (Å²) in [5, 5.41) is 2.86. The summed E-state index contributed by atoms with van der Waals surface area (Å²) in [4.78, 5) is 18.8. The molecule has 0 aromatic carbocycles. The second-order valence-corrected chi connectivity index (χ2v) is 3.83. The normalized spacial score (nSPS) is 25.2. The van der Waals surface area contributed by atoms with Gasteiger partial charge >= 0.3 is 0 Å². The molecular formula is C10H13N3O. The highest BCUT2D eigenvalue weighted by Crippen LogP contribution is 2.32. The van der Waals surface area contributed by atoms with Gasteiger partial charge in [0.15, 0.2) is 0 Å². The molecule has 0 saturated carbocycles. The van der Waals surface area contributed by atoms with E-state index in [-0.39, 0.29) is 5.54 Å². The van der Waals surface area contributed by atoms with Crippen LogP contribution in [0.4, 0.5) is 0 Å². The molecule has 0 bridgehead atoms. The molecule has 1 aliphatic carbocycles. The van der Waals surface area contributed by atoms with Crippen LogP contribution in [0.3, 0.4) is 0 Å². The lowest BCUT2D eigenvalue weighted by atomic mass is 9.81. The number of carbonyl (C=O) groups is 1. The molecule has 74 valence electrons. The zero-order valence-electron chi connectivity index (χ0n) is 8.16. The third-order valence-corrected chi connectivity index (χ3v) is 2.86. The summed E-state index contributed by atoms with van der Waals surface area (Å²) in [6.45, 7) is 2.02. The fourth-order valence-corrected chi connectivity index (χ4v) is 2.04. The largest absolute Gasteiger partial charge is 0.349 e. The Morgan fingerprint density at radius 3 is 3.29 bits per heavy atom. The highest BCUT2D eigenvalue weighted by Gasteiger charge is 2.32. The number of nitrogens with one attached hydrogen (secondary N) is 1. The Labute approximate surface area is 82.8 Å². The highest BCUT2D eigenvalue weighted by molar-refractivity contribution is 5.50. The van der Waals surface area contributed by atoms with Gasteiger partial charge in [-0.2, -0.15) is 0 Å². The summed E-state index contributed by atoms with van der Waals surface area (Å²) in [7, 11) is 0. The fraction of sp³-hybridized carbons (Fsp3) is 0.500. The first-order valence-electron chi connectivity index (χ1n) is 4.77. The van der Waals surface area contributed by atoms with Gasteiger partial charge in [0.2, 0.25) is 6.41 Å². The number of aromatic nitrogens is 2. The number of hydrogen-bond acceptors (Lipinski definition) is 3. The maximum Gasteiger partial charge on any atom is 0.207 e. The van der Waals surface area contributed by atoms with Crippen LogP contribution < -0.4 is 5.32 Å². The number of fused-ring (bicyclic) bond motifs is 1. The minimum atomic E-state index is -0.281. The first-order chi connectivity index (χ1) is 6.76. The van der Waals surface area contributed by atoms with Crippen LogP contribution in [-0.2, 0) is 16.8 Å². The van der Waals surface area contributed by atoms with Crippen molar-refractivity contribution in [2.75, 3.05) is 0 Å². The molecule has 1 N–H and O–H groups in total. The molecule has 1 amide bonds. The van der Waals surface area contributed by atoms with Gasteiger partial charge in [0, 0.05) is 17.5 Å². The lowest BCUT2D eigenvalue weighted by molar-refractivity contribution is -0.111. The Morgan fingerprint density at radius 2 is 2.50 bits per heavy atom. The first-order valence-corrected chi connectivity index (χ1v) is 4.77. The van der Waals surface area contributed by atoms with E-state index in [9.17, 15) is 4.79 Å². The average Bonchev–Trinajstić information content (AvgIpc) is 2.19. The summed E-state index contributed by atoms with van der Waals surface area (Å²) in [6, 6.07) is 0. The Hall–Kier alpha value is -1.45. The molecule has 0 radical (unpaired) electrons. The molecule has 0 fully saturated rings. The molecule has 1 unspecified atom stereocenters. The molecule has 1 aliphatic rings. The van der Waals surface area contributed by atoms with Gasteiger partial charge in [-0.05, 0) is 26.2 Å². The molecule has 4 heteroatoms. The van der Waals surface area contributed by atoms with Gasteiger partial charge in [0.1, 0.15) is 6.33 Å². The van der Waals surface area contributed by atoms with Crippen LogP contribution in [0.2, 0.25) is 0 Å². The van der Waals surface area contributed by atoms with Crippen molar-refractivity contribution >= 4 is 6.41 Å². The predicted octanol–water partition coefficient (Wildman–Crippen LogP) is 0.774. The molecular weight excluding hydrogens is 178 g/mol. The van der Waals surface area contributed by atoms with Crippen molar-refractivity contribution in [1.82, 2.24) is 15.3 Å². The molecule has 0 spiro atoms. The molecule has 0 aliphatic heterocycles. The third-order valence-electron chi connectivity index (χ3n) is 2.86. The molecule has 4 nitrogen and oxygen atoms in total. The van der Waals surface area contributed by atoms with Crippen LogP contribution in [-0.4, -0.2) is 16.4 Å². The molecule has 1 aromatic heterocycles. The van der Waals surface area contributed by atoms with E-state index in [1.165, 1.54) is 0 Å². The van der Waals surface area contributed by atoms with Crippen LogP contribution in [0, 0.1) is 0 Å². The minimum Gasteiger partial charge on any atom is -0.349 e. The van der Waals surface area contributed by atoms with E-state index < -0.39 is 0 Å². The van der Waals surface area contributed by atoms with Crippen molar-refractivity contribution < 1.29 is 4.79 Å². The molecule has 0 saturated heterocycles. The van der Waals surface area contributed by atoms with Gasteiger partial charge in [-0.1, -0.05) is 0 Å². The van der Waals surface area contributed by atoms with Crippen LogP contribution in [0.15, 0.2) is 12.5 Å². The van der Waals surface area contributed by atoms with Gasteiger partial charge in [0.25, 0.3) is 0 Å². The predicted molar refractivity (Wildman–Crippen MR) is 51.5 cm³/mol. The minimum absolute atomic E-state index is 0.281. The number of carbonyl (C=O) groups excluding carboxylic acids is 1. The molecule has 14 heavy (non-hydrogen) atoms. The van der Waals surface area contributed by atoms with Crippen LogP contribution in [0.5, 0.6) is 0 Å². The second-order valence-electron chi connectivity index (χ2n) is 3.83. The van der Waals surface area contributed by atoms with E-state index in [0.29, 0.717) is 0 Å². The van der Waals surface area contributed by atoms with Gasteiger partial charge in [-0.15, -0.1) is 0 Å². The standard InChI is InChI=1S/C10H13N3O/c1-10(13-7-14)4-2-3-9-8(10)5-11-6-12-9/h5-7H,2-4H2,1H3,(H,13,14). The van der Waals surface area contributed by atoms with E-state index in [2.05, 4.69) is 15.3 Å². The first kappa shape index (κ1) is 9.12. The topological polar surface area (TPSA) is 54.9 Å². The van der Waals surface area contributed by atoms with Gasteiger partial charge in [-0.25, -0.2) is 9.97 Å². The SMILES string of the molecule is CC1(NC=O)CCCc2ncncc21. The van der Waals surface area contributed by atoms with Crippen molar-refractivity contribution in [3.8, 4) is 0 Å². The van der Waals surface area contributed by atoms with E-state index in [1.54, 1.807) is 12.5 Å². The number of nitrogens with zero attached hydrogens (tertiary/aromatic N) is 2. The molecule has 1 atom stereocenters. The van der Waals surface area contributed by atoms with Crippen LogP contribution in [0.1, 0.15) is 31.0 Å². The fourth-order valence-electron chi connectivity index (χ4n) is 2.04. The Morgan fingerprint density at radius 1 is 1.64 bits per heavy atom. The van der Waals surface area contributed by atoms with Gasteiger partial charge < -0.3 is 5.32 Å². The van der Waals surface area contributed by atoms with Crippen LogP contribution >= 0.6 is 0 Å². The zero-order chi connectivity index (χ0) is 10.0. The molecule has 1 aromatic rings. The lowest BCUT2D eigenvalue weighted by Gasteiger charge is -2.34. The lowest BCUT2D eigenvalue weighted by Crippen LogP contribution is -2.41. The van der Waals surface area contributed by atoms with E-state index in [1.807, 2.05) is 6.92 Å². The quantitative estimate of drug-likeness (QED) is 0.702. The van der Waals surface area contributed by atoms with Crippen LogP contribution in [0.25, 0.3) is 0 Å². The summed E-state index contributed by atoms with van der Waals surface area (Å²) in [5.74, 6) is 0. The maximum atomic E-state index is 10.5. The molecule has 1 heterocycles. The van der Waals surface area contributed by atoms with Crippen molar-refractivity contribution in [2.24, 2.45) is 0 Å². The van der Waals surface area contributed by atoms with E-state index in [0.717, 1.165) is 36.9 Å². The third kappa shape index (κ3) is 1.36. The Bertz CT molecular complexity index is 353. The number of aryl methyl sites for hydroxylation is 1. The second kappa shape index (κ2) is 3.36. The van der Waals surface area contributed by atoms with Crippen molar-refractivity contribution in [1.29, 1.82) is 0 Å². The number of rotatable bonds is 2. The monoisotopic (exact) mass is 191 g/mol. The van der Waals surface area contributed by atoms with Crippen molar-refractivity contribution in [2.45, 2.75) is 31.7 Å². The smallest absolute Gasteiger partial charge is 0.207 e. The summed E-state index contributed by atoms with van der Waals surface area (Å²) in [6.07, 6.45) is 7.10. The van der Waals surface area contributed by atoms with Crippen molar-refractivity contribution in [3.05, 3.63) is 23.8 Å². The Balaban J connectivity index is 2.44. The average molecular weight is 191 g/mol. The zero-order valence-corrected chi connectivity index (χ0v) is 8.16. The summed E-state index contributed by atoms with van der Waals surface area (Å²) < 4.78 is 0. The summed E-state index contributed by atoms with van der Waals surface area (Å²) >= 11 is 0. The molecule has 2 rings (SSSR count). The van der Waals surface area contributed by atoms with Gasteiger partial charge in [0.05, 0.1) is 5.54 Å². The van der Waals surface area contributed by atoms with E-state index in [4.69, 9.17) is 0 Å². The van der Waals surface area contributed by atoms with Crippen molar-refractivity contribution in [3.63, 3.8) is 0 Å². The number of hydrogen-bond donors (Lipinski definition) is 1. The maximum absolute atomic E-state index is 10.5. The Kier molecular flexibility index (Phi) is 2.19. The van der Waals surface area contributed by atoms with Gasteiger partial charge in [-0.3, -0.25) is 4.79 Å². The van der Waals surface area contributed by atoms with E-state index >= 15 is 0 Å². The highest BCUT2D eigenvalue weighted by atomic mass is 16.1. The summed E-state index contributed by atoms with van der Waals surface area (Å²) in [5.41, 5.74) is 1.83. The number of amides is 1.